The number of aliphatic hydroxyl groups is 1. The summed E-state index contributed by atoms with van der Waals surface area (Å²) in [5.74, 6) is -1.44. The van der Waals surface area contributed by atoms with Crippen LogP contribution in [0.4, 0.5) is 0 Å². The molecule has 1 spiro atoms. The van der Waals surface area contributed by atoms with E-state index in [0.717, 1.165) is 32.1 Å². The standard InChI is InChI=1S/C22H30O6/c1-14-10-22-21-13-25-19(3,28-22)27-20(21,12-26-22)8-5-16(23)17(21)18(14,2)7-4-15-6-9-24-11-15/h6,9,11,14,16-17,23H,4-5,7-8,10,12-13H2,1-3H3/t14-,16+,17-,18+,19?,20+,21-,22+/m1/s1. The van der Waals surface area contributed by atoms with Gasteiger partial charge in [0.1, 0.15) is 5.60 Å². The molecule has 2 aliphatic carbocycles. The third-order valence-electron chi connectivity index (χ3n) is 9.03. The highest BCUT2D eigenvalue weighted by Crippen LogP contribution is 2.77. The fourth-order valence-electron chi connectivity index (χ4n) is 7.61. The summed E-state index contributed by atoms with van der Waals surface area (Å²) in [6.07, 6.45) is 7.37. The Morgan fingerprint density at radius 1 is 1.18 bits per heavy atom. The van der Waals surface area contributed by atoms with Gasteiger partial charge < -0.3 is 23.7 Å². The van der Waals surface area contributed by atoms with Gasteiger partial charge in [-0.3, -0.25) is 4.74 Å². The van der Waals surface area contributed by atoms with Gasteiger partial charge in [-0.05, 0) is 48.6 Å². The largest absolute Gasteiger partial charge is 0.472 e. The molecule has 6 fully saturated rings. The molecule has 4 bridgehead atoms. The zero-order valence-corrected chi connectivity index (χ0v) is 16.9. The van der Waals surface area contributed by atoms with Crippen molar-refractivity contribution >= 4 is 0 Å². The molecule has 0 amide bonds. The summed E-state index contributed by atoms with van der Waals surface area (Å²) >= 11 is 0. The third kappa shape index (κ3) is 1.83. The van der Waals surface area contributed by atoms with Crippen molar-refractivity contribution in [3.63, 3.8) is 0 Å². The van der Waals surface area contributed by atoms with E-state index in [-0.39, 0.29) is 11.3 Å². The molecule has 1 aromatic rings. The number of fused-ring (bicyclic) bond motifs is 1. The van der Waals surface area contributed by atoms with E-state index in [9.17, 15) is 5.11 Å². The lowest BCUT2D eigenvalue weighted by Crippen LogP contribution is -2.83. The van der Waals surface area contributed by atoms with Crippen LogP contribution in [0.1, 0.15) is 52.0 Å². The van der Waals surface area contributed by atoms with E-state index in [1.807, 2.05) is 19.3 Å². The van der Waals surface area contributed by atoms with Crippen LogP contribution in [0.3, 0.4) is 0 Å². The van der Waals surface area contributed by atoms with Crippen LogP contribution in [-0.4, -0.2) is 41.8 Å². The normalized spacial score (nSPS) is 56.6. The smallest absolute Gasteiger partial charge is 0.282 e. The summed E-state index contributed by atoms with van der Waals surface area (Å²) in [4.78, 5) is 0. The molecule has 7 rings (SSSR count). The first-order valence-electron chi connectivity index (χ1n) is 10.7. The quantitative estimate of drug-likeness (QED) is 0.855. The predicted octanol–water partition coefficient (Wildman–Crippen LogP) is 3.23. The van der Waals surface area contributed by atoms with Gasteiger partial charge in [0.25, 0.3) is 5.97 Å². The van der Waals surface area contributed by atoms with Crippen LogP contribution in [0, 0.1) is 22.7 Å². The number of rotatable bonds is 3. The topological polar surface area (TPSA) is 70.3 Å². The molecule has 1 N–H and O–H groups in total. The fraction of sp³-hybridized carbons (Fsp3) is 0.818. The molecule has 0 radical (unpaired) electrons. The molecule has 6 aliphatic rings. The van der Waals surface area contributed by atoms with E-state index in [1.165, 1.54) is 5.56 Å². The molecule has 28 heavy (non-hydrogen) atoms. The Kier molecular flexibility index (Phi) is 3.33. The van der Waals surface area contributed by atoms with Crippen molar-refractivity contribution in [2.75, 3.05) is 13.2 Å². The molecule has 4 saturated heterocycles. The molecule has 0 aromatic carbocycles. The van der Waals surface area contributed by atoms with Crippen molar-refractivity contribution < 1.29 is 28.5 Å². The third-order valence-corrected chi connectivity index (χ3v) is 9.03. The number of hydrogen-bond donors (Lipinski definition) is 1. The number of ether oxygens (including phenoxy) is 4. The van der Waals surface area contributed by atoms with Crippen LogP contribution in [0.15, 0.2) is 23.0 Å². The van der Waals surface area contributed by atoms with Crippen LogP contribution in [-0.2, 0) is 25.4 Å². The number of hydrogen-bond acceptors (Lipinski definition) is 6. The highest BCUT2D eigenvalue weighted by atomic mass is 16.9. The Morgan fingerprint density at radius 2 is 2.04 bits per heavy atom. The molecule has 8 atom stereocenters. The Morgan fingerprint density at radius 3 is 2.82 bits per heavy atom. The van der Waals surface area contributed by atoms with Gasteiger partial charge in [-0.1, -0.05) is 13.8 Å². The summed E-state index contributed by atoms with van der Waals surface area (Å²) in [6.45, 7) is 7.55. The maximum absolute atomic E-state index is 11.4. The summed E-state index contributed by atoms with van der Waals surface area (Å²) in [5.41, 5.74) is 0.224. The zero-order valence-electron chi connectivity index (χ0n) is 16.9. The lowest BCUT2D eigenvalue weighted by Gasteiger charge is -2.73. The van der Waals surface area contributed by atoms with Crippen LogP contribution in [0.2, 0.25) is 0 Å². The van der Waals surface area contributed by atoms with E-state index in [2.05, 4.69) is 13.8 Å². The van der Waals surface area contributed by atoms with Crippen molar-refractivity contribution in [2.45, 2.75) is 76.3 Å². The van der Waals surface area contributed by atoms with E-state index < -0.39 is 28.9 Å². The molecular formula is C22H30O6. The van der Waals surface area contributed by atoms with E-state index in [4.69, 9.17) is 23.4 Å². The number of aliphatic hydroxyl groups excluding tert-OH is 1. The van der Waals surface area contributed by atoms with Crippen LogP contribution in [0.25, 0.3) is 0 Å². The second-order valence-electron chi connectivity index (χ2n) is 10.2. The monoisotopic (exact) mass is 390 g/mol. The van der Waals surface area contributed by atoms with Gasteiger partial charge in [-0.25, -0.2) is 0 Å². The molecule has 1 aromatic heterocycles. The van der Waals surface area contributed by atoms with Crippen LogP contribution < -0.4 is 0 Å². The molecule has 154 valence electrons. The first-order chi connectivity index (χ1) is 13.3. The van der Waals surface area contributed by atoms with Gasteiger partial charge in [-0.15, -0.1) is 0 Å². The van der Waals surface area contributed by atoms with Gasteiger partial charge in [0.05, 0.1) is 37.3 Å². The van der Waals surface area contributed by atoms with Crippen molar-refractivity contribution in [3.05, 3.63) is 24.2 Å². The molecule has 6 nitrogen and oxygen atoms in total. The van der Waals surface area contributed by atoms with E-state index in [1.54, 1.807) is 6.26 Å². The lowest BCUT2D eigenvalue weighted by molar-refractivity contribution is -0.574. The number of furan rings is 1. The van der Waals surface area contributed by atoms with Gasteiger partial charge in [-0.2, -0.15) is 0 Å². The van der Waals surface area contributed by atoms with Crippen LogP contribution in [0.5, 0.6) is 0 Å². The molecule has 1 unspecified atom stereocenters. The van der Waals surface area contributed by atoms with Gasteiger partial charge in [0.15, 0.2) is 5.79 Å². The average molecular weight is 390 g/mol. The maximum Gasteiger partial charge on any atom is 0.282 e. The molecule has 6 heteroatoms. The van der Waals surface area contributed by atoms with E-state index >= 15 is 0 Å². The Labute approximate surface area is 165 Å². The van der Waals surface area contributed by atoms with Gasteiger partial charge >= 0.3 is 0 Å². The maximum atomic E-state index is 11.4. The summed E-state index contributed by atoms with van der Waals surface area (Å²) in [6, 6.07) is 2.03. The van der Waals surface area contributed by atoms with Crippen molar-refractivity contribution in [2.24, 2.45) is 22.7 Å². The first kappa shape index (κ1) is 17.9. The highest BCUT2D eigenvalue weighted by molar-refractivity contribution is 5.28. The minimum absolute atomic E-state index is 0.00301. The first-order valence-corrected chi connectivity index (χ1v) is 10.7. The minimum Gasteiger partial charge on any atom is -0.472 e. The van der Waals surface area contributed by atoms with Crippen molar-refractivity contribution in [3.8, 4) is 0 Å². The zero-order chi connectivity index (χ0) is 19.4. The van der Waals surface area contributed by atoms with Crippen LogP contribution >= 0.6 is 0 Å². The lowest BCUT2D eigenvalue weighted by atomic mass is 9.40. The second kappa shape index (κ2) is 5.22. The minimum atomic E-state index is -1.05. The van der Waals surface area contributed by atoms with Crippen molar-refractivity contribution in [1.82, 2.24) is 0 Å². The summed E-state index contributed by atoms with van der Waals surface area (Å²) < 4.78 is 30.8. The van der Waals surface area contributed by atoms with Gasteiger partial charge in [0, 0.05) is 19.3 Å². The Hall–Kier alpha value is -0.920. The molecular weight excluding hydrogens is 360 g/mol. The van der Waals surface area contributed by atoms with Crippen molar-refractivity contribution in [1.29, 1.82) is 0 Å². The number of aryl methyl sites for hydroxylation is 1. The predicted molar refractivity (Wildman–Crippen MR) is 98.0 cm³/mol. The Bertz CT molecular complexity index is 795. The summed E-state index contributed by atoms with van der Waals surface area (Å²) in [5, 5.41) is 11.4. The second-order valence-corrected chi connectivity index (χ2v) is 10.2. The van der Waals surface area contributed by atoms with E-state index in [0.29, 0.717) is 19.1 Å². The molecule has 4 aliphatic heterocycles. The molecule has 5 heterocycles. The van der Waals surface area contributed by atoms with Gasteiger partial charge in [0.2, 0.25) is 0 Å². The Balaban J connectivity index is 1.47. The fourth-order valence-corrected chi connectivity index (χ4v) is 7.61. The highest BCUT2D eigenvalue weighted by Gasteiger charge is 2.87. The summed E-state index contributed by atoms with van der Waals surface area (Å²) in [7, 11) is 0. The SMILES string of the molecule is C[C@@H]1C[C@@]23OC[C@@]45CC[C@H](O)[C@H]([C@@]1(C)CCc1ccoc1)[C@]42COC(C)(O5)O3. The molecule has 2 saturated carbocycles. The average Bonchev–Trinajstić information content (AvgIpc) is 3.23.